The van der Waals surface area contributed by atoms with Crippen LogP contribution in [0.3, 0.4) is 0 Å². The highest BCUT2D eigenvalue weighted by Gasteiger charge is 2.21. The van der Waals surface area contributed by atoms with Gasteiger partial charge in [-0.3, -0.25) is 9.59 Å². The summed E-state index contributed by atoms with van der Waals surface area (Å²) in [7, 11) is 0. The zero-order valence-electron chi connectivity index (χ0n) is 19.3. The number of ether oxygens (including phenoxy) is 1. The van der Waals surface area contributed by atoms with Crippen molar-refractivity contribution in [3.05, 3.63) is 94.0 Å². The van der Waals surface area contributed by atoms with E-state index in [1.54, 1.807) is 42.5 Å². The molecule has 1 saturated heterocycles. The summed E-state index contributed by atoms with van der Waals surface area (Å²) in [5.41, 5.74) is 2.91. The number of carbonyl (C=O) groups excluding carboxylic acids is 2. The van der Waals surface area contributed by atoms with Gasteiger partial charge in [0.25, 0.3) is 11.8 Å². The van der Waals surface area contributed by atoms with Crippen LogP contribution in [-0.2, 0) is 6.42 Å². The van der Waals surface area contributed by atoms with Gasteiger partial charge in [0, 0.05) is 36.3 Å². The summed E-state index contributed by atoms with van der Waals surface area (Å²) in [5, 5.41) is 2.90. The molecule has 0 radical (unpaired) electrons. The monoisotopic (exact) mass is 520 g/mol. The molecule has 1 N–H and O–H groups in total. The summed E-state index contributed by atoms with van der Waals surface area (Å²) in [6.07, 6.45) is 2.87. The number of amides is 2. The Balaban J connectivity index is 1.35. The highest BCUT2D eigenvalue weighted by molar-refractivity contribution is 9.10. The van der Waals surface area contributed by atoms with E-state index < -0.39 is 0 Å². The second kappa shape index (κ2) is 11.3. The predicted molar refractivity (Wildman–Crippen MR) is 138 cm³/mol. The lowest BCUT2D eigenvalue weighted by atomic mass is 9.98. The van der Waals surface area contributed by atoms with Crippen LogP contribution in [0.1, 0.15) is 46.0 Å². The van der Waals surface area contributed by atoms with Crippen LogP contribution in [0, 0.1) is 5.92 Å². The molecular formula is C28H29BrN2O3. The molecule has 0 spiro atoms. The number of hydrogen-bond acceptors (Lipinski definition) is 3. The van der Waals surface area contributed by atoms with Gasteiger partial charge in [-0.2, -0.15) is 0 Å². The number of nitrogens with one attached hydrogen (secondary N) is 1. The van der Waals surface area contributed by atoms with Gasteiger partial charge in [0.15, 0.2) is 0 Å². The van der Waals surface area contributed by atoms with Crippen molar-refractivity contribution in [2.24, 2.45) is 5.92 Å². The minimum Gasteiger partial charge on any atom is -0.492 e. The molecule has 5 nitrogen and oxygen atoms in total. The van der Waals surface area contributed by atoms with Gasteiger partial charge in [0.2, 0.25) is 0 Å². The fourth-order valence-corrected chi connectivity index (χ4v) is 4.50. The number of likely N-dealkylation sites (tertiary alicyclic amines) is 1. The third-order valence-electron chi connectivity index (χ3n) is 6.12. The fourth-order valence-electron chi connectivity index (χ4n) is 4.01. The van der Waals surface area contributed by atoms with Crippen molar-refractivity contribution >= 4 is 33.4 Å². The second-order valence-electron chi connectivity index (χ2n) is 8.74. The van der Waals surface area contributed by atoms with Crippen LogP contribution >= 0.6 is 15.9 Å². The number of nitrogens with zero attached hydrogens (tertiary/aromatic N) is 1. The summed E-state index contributed by atoms with van der Waals surface area (Å²) in [6, 6.07) is 22.6. The lowest BCUT2D eigenvalue weighted by Gasteiger charge is -2.30. The summed E-state index contributed by atoms with van der Waals surface area (Å²) in [4.78, 5) is 27.6. The molecule has 34 heavy (non-hydrogen) atoms. The first kappa shape index (κ1) is 24.0. The van der Waals surface area contributed by atoms with E-state index in [2.05, 4.69) is 40.3 Å². The highest BCUT2D eigenvalue weighted by atomic mass is 79.9. The van der Waals surface area contributed by atoms with E-state index in [1.807, 2.05) is 23.1 Å². The average molecular weight is 521 g/mol. The molecule has 0 aliphatic carbocycles. The Labute approximate surface area is 209 Å². The van der Waals surface area contributed by atoms with Gasteiger partial charge in [0.05, 0.1) is 11.1 Å². The minimum atomic E-state index is -0.243. The average Bonchev–Trinajstić information content (AvgIpc) is 2.86. The molecule has 4 rings (SSSR count). The Morgan fingerprint density at radius 3 is 2.47 bits per heavy atom. The fraction of sp³-hybridized carbons (Fsp3) is 0.286. The Bertz CT molecular complexity index is 1140. The van der Waals surface area contributed by atoms with Crippen molar-refractivity contribution in [1.29, 1.82) is 0 Å². The van der Waals surface area contributed by atoms with E-state index in [0.29, 0.717) is 35.1 Å². The summed E-state index contributed by atoms with van der Waals surface area (Å²) < 4.78 is 6.60. The molecule has 3 aromatic carbocycles. The SMILES string of the molecule is CC1CCN(C(=O)c2cccc(NC(=O)c3ccc(OCCc4ccccc4)c(Br)c3)c2)CC1. The summed E-state index contributed by atoms with van der Waals surface area (Å²) >= 11 is 3.51. The molecule has 1 aliphatic rings. The third-order valence-corrected chi connectivity index (χ3v) is 6.74. The van der Waals surface area contributed by atoms with Gasteiger partial charge in [-0.15, -0.1) is 0 Å². The molecular weight excluding hydrogens is 492 g/mol. The maximum atomic E-state index is 12.9. The molecule has 1 aliphatic heterocycles. The van der Waals surface area contributed by atoms with Crippen LogP contribution in [0.15, 0.2) is 77.3 Å². The molecule has 6 heteroatoms. The lowest BCUT2D eigenvalue weighted by Crippen LogP contribution is -2.37. The van der Waals surface area contributed by atoms with E-state index in [9.17, 15) is 9.59 Å². The number of rotatable bonds is 7. The zero-order valence-corrected chi connectivity index (χ0v) is 20.9. The highest BCUT2D eigenvalue weighted by Crippen LogP contribution is 2.27. The van der Waals surface area contributed by atoms with E-state index in [0.717, 1.165) is 36.8 Å². The maximum Gasteiger partial charge on any atom is 0.255 e. The molecule has 2 amide bonds. The van der Waals surface area contributed by atoms with E-state index in [4.69, 9.17) is 4.74 Å². The van der Waals surface area contributed by atoms with Crippen LogP contribution < -0.4 is 10.1 Å². The van der Waals surface area contributed by atoms with Gasteiger partial charge in [-0.05, 0) is 76.7 Å². The van der Waals surface area contributed by atoms with Crippen LogP contribution in [0.2, 0.25) is 0 Å². The van der Waals surface area contributed by atoms with E-state index in [-0.39, 0.29) is 11.8 Å². The first-order chi connectivity index (χ1) is 16.5. The number of halogens is 1. The van der Waals surface area contributed by atoms with E-state index in [1.165, 1.54) is 5.56 Å². The molecule has 1 fully saturated rings. The normalized spacial score (nSPS) is 14.0. The van der Waals surface area contributed by atoms with Crippen molar-refractivity contribution in [2.45, 2.75) is 26.2 Å². The molecule has 0 aromatic heterocycles. The summed E-state index contributed by atoms with van der Waals surface area (Å²) in [6.45, 7) is 4.33. The molecule has 0 unspecified atom stereocenters. The standard InChI is InChI=1S/C28H29BrN2O3/c1-20-12-15-31(16-13-20)28(33)23-8-5-9-24(18-23)30-27(32)22-10-11-26(25(29)19-22)34-17-14-21-6-3-2-4-7-21/h2-11,18-20H,12-17H2,1H3,(H,30,32). The third kappa shape index (κ3) is 6.26. The Morgan fingerprint density at radius 1 is 0.971 bits per heavy atom. The van der Waals surface area contributed by atoms with Crippen molar-refractivity contribution < 1.29 is 14.3 Å². The molecule has 3 aromatic rings. The molecule has 0 atom stereocenters. The molecule has 0 bridgehead atoms. The first-order valence-electron chi connectivity index (χ1n) is 11.7. The maximum absolute atomic E-state index is 12.9. The van der Waals surface area contributed by atoms with Gasteiger partial charge < -0.3 is 15.0 Å². The minimum absolute atomic E-state index is 0.0164. The van der Waals surface area contributed by atoms with E-state index >= 15 is 0 Å². The second-order valence-corrected chi connectivity index (χ2v) is 9.59. The topological polar surface area (TPSA) is 58.6 Å². The smallest absolute Gasteiger partial charge is 0.255 e. The predicted octanol–water partition coefficient (Wildman–Crippen LogP) is 6.20. The number of piperidine rings is 1. The van der Waals surface area contributed by atoms with Gasteiger partial charge >= 0.3 is 0 Å². The Morgan fingerprint density at radius 2 is 1.74 bits per heavy atom. The van der Waals surface area contributed by atoms with Gasteiger partial charge in [-0.25, -0.2) is 0 Å². The lowest BCUT2D eigenvalue weighted by molar-refractivity contribution is 0.0697. The number of anilines is 1. The zero-order chi connectivity index (χ0) is 23.9. The summed E-state index contributed by atoms with van der Waals surface area (Å²) in [5.74, 6) is 1.13. The Hall–Kier alpha value is -3.12. The number of carbonyl (C=O) groups is 2. The quantitative estimate of drug-likeness (QED) is 0.403. The van der Waals surface area contributed by atoms with Crippen molar-refractivity contribution in [3.63, 3.8) is 0 Å². The van der Waals surface area contributed by atoms with Crippen LogP contribution in [0.5, 0.6) is 5.75 Å². The molecule has 1 heterocycles. The van der Waals surface area contributed by atoms with Crippen LogP contribution in [0.4, 0.5) is 5.69 Å². The van der Waals surface area contributed by atoms with Gasteiger partial charge in [-0.1, -0.05) is 43.3 Å². The van der Waals surface area contributed by atoms with Gasteiger partial charge in [0.1, 0.15) is 5.75 Å². The largest absolute Gasteiger partial charge is 0.492 e. The van der Waals surface area contributed by atoms with Crippen LogP contribution in [0.25, 0.3) is 0 Å². The Kier molecular flexibility index (Phi) is 8.01. The number of hydrogen-bond donors (Lipinski definition) is 1. The first-order valence-corrected chi connectivity index (χ1v) is 12.5. The van der Waals surface area contributed by atoms with Crippen molar-refractivity contribution in [1.82, 2.24) is 4.90 Å². The number of benzene rings is 3. The van der Waals surface area contributed by atoms with Crippen molar-refractivity contribution in [3.8, 4) is 5.75 Å². The van der Waals surface area contributed by atoms with Crippen LogP contribution in [-0.4, -0.2) is 36.4 Å². The molecule has 176 valence electrons. The molecule has 0 saturated carbocycles. The van der Waals surface area contributed by atoms with Crippen molar-refractivity contribution in [2.75, 3.05) is 25.0 Å².